The summed E-state index contributed by atoms with van der Waals surface area (Å²) in [5.74, 6) is 0.360. The highest BCUT2D eigenvalue weighted by Crippen LogP contribution is 2.35. The van der Waals surface area contributed by atoms with Crippen molar-refractivity contribution in [2.45, 2.75) is 6.42 Å². The van der Waals surface area contributed by atoms with E-state index in [9.17, 15) is 4.79 Å². The smallest absolute Gasteiger partial charge is 0.225 e. The second-order valence-electron chi connectivity index (χ2n) is 2.74. The molecule has 0 aliphatic carbocycles. The van der Waals surface area contributed by atoms with Gasteiger partial charge < -0.3 is 5.32 Å². The molecule has 2 nitrogen and oxygen atoms in total. The van der Waals surface area contributed by atoms with E-state index in [4.69, 9.17) is 23.2 Å². The molecule has 1 aromatic rings. The Bertz CT molecular complexity index is 387. The Morgan fingerprint density at radius 2 is 2.07 bits per heavy atom. The van der Waals surface area contributed by atoms with Crippen molar-refractivity contribution >= 4 is 63.4 Å². The van der Waals surface area contributed by atoms with Crippen molar-refractivity contribution in [3.63, 3.8) is 0 Å². The van der Waals surface area contributed by atoms with Gasteiger partial charge in [0.25, 0.3) is 0 Å². The van der Waals surface area contributed by atoms with Crippen LogP contribution < -0.4 is 5.32 Å². The van der Waals surface area contributed by atoms with Gasteiger partial charge in [-0.05, 0) is 33.8 Å². The van der Waals surface area contributed by atoms with Crippen LogP contribution in [0.4, 0.5) is 5.69 Å². The minimum atomic E-state index is -0.134. The number of nitrogens with one attached hydrogen (secondary N) is 1. The highest BCUT2D eigenvalue weighted by atomic mass is 79.9. The monoisotopic (exact) mass is 327 g/mol. The van der Waals surface area contributed by atoms with E-state index in [1.165, 1.54) is 0 Å². The van der Waals surface area contributed by atoms with Crippen molar-refractivity contribution in [3.8, 4) is 0 Å². The predicted molar refractivity (Wildman–Crippen MR) is 71.3 cm³/mol. The molecule has 0 aliphatic heterocycles. The van der Waals surface area contributed by atoms with Crippen LogP contribution in [0.5, 0.6) is 0 Å². The summed E-state index contributed by atoms with van der Waals surface area (Å²) in [6.45, 7) is 0. The summed E-state index contributed by atoms with van der Waals surface area (Å²) < 4.78 is 0.696. The summed E-state index contributed by atoms with van der Waals surface area (Å²) in [7, 11) is 0. The molecule has 0 unspecified atom stereocenters. The Hall–Kier alpha value is 0.1000. The number of benzene rings is 1. The first kappa shape index (κ1) is 13.2. The fourth-order valence-electron chi connectivity index (χ4n) is 0.937. The first-order chi connectivity index (χ1) is 7.06. The molecule has 15 heavy (non-hydrogen) atoms. The lowest BCUT2D eigenvalue weighted by molar-refractivity contribution is -0.115. The van der Waals surface area contributed by atoms with Crippen LogP contribution in [-0.2, 0) is 4.79 Å². The molecule has 1 aromatic carbocycles. The third kappa shape index (κ3) is 3.55. The van der Waals surface area contributed by atoms with Crippen molar-refractivity contribution in [1.29, 1.82) is 0 Å². The fraction of sp³-hybridized carbons (Fsp3) is 0.222. The minimum Gasteiger partial charge on any atom is -0.325 e. The maximum atomic E-state index is 11.3. The molecule has 0 bridgehead atoms. The summed E-state index contributed by atoms with van der Waals surface area (Å²) in [5.41, 5.74) is 0.511. The zero-order valence-electron chi connectivity index (χ0n) is 7.56. The summed E-state index contributed by atoms with van der Waals surface area (Å²) >= 11 is 19.0. The molecular formula is C9H8BrCl2NOS. The van der Waals surface area contributed by atoms with Crippen LogP contribution in [0.25, 0.3) is 0 Å². The molecule has 0 aromatic heterocycles. The van der Waals surface area contributed by atoms with Gasteiger partial charge >= 0.3 is 0 Å². The first-order valence-electron chi connectivity index (χ1n) is 4.10. The number of hydrogen-bond acceptors (Lipinski definition) is 2. The van der Waals surface area contributed by atoms with E-state index in [1.54, 1.807) is 12.1 Å². The van der Waals surface area contributed by atoms with Gasteiger partial charge in [-0.1, -0.05) is 23.2 Å². The van der Waals surface area contributed by atoms with Gasteiger partial charge in [0.1, 0.15) is 0 Å². The zero-order valence-corrected chi connectivity index (χ0v) is 11.6. The number of halogens is 3. The number of rotatable bonds is 3. The van der Waals surface area contributed by atoms with Gasteiger partial charge in [-0.25, -0.2) is 0 Å². The van der Waals surface area contributed by atoms with Crippen molar-refractivity contribution < 1.29 is 4.79 Å². The Morgan fingerprint density at radius 3 is 2.67 bits per heavy atom. The average molecular weight is 329 g/mol. The molecule has 0 saturated heterocycles. The summed E-state index contributed by atoms with van der Waals surface area (Å²) in [6, 6.07) is 3.42. The van der Waals surface area contributed by atoms with E-state index >= 15 is 0 Å². The van der Waals surface area contributed by atoms with Crippen LogP contribution in [0.2, 0.25) is 10.0 Å². The van der Waals surface area contributed by atoms with Gasteiger partial charge in [-0.15, -0.1) is 0 Å². The van der Waals surface area contributed by atoms with Crippen LogP contribution in [0.15, 0.2) is 16.6 Å². The Morgan fingerprint density at radius 1 is 1.40 bits per heavy atom. The molecular weight excluding hydrogens is 321 g/mol. The standard InChI is InChI=1S/C9H8BrCl2NOS/c10-5-1-2-6(9(12)8(5)11)13-7(14)3-4-15/h1-2,15H,3-4H2,(H,13,14). The molecule has 1 rings (SSSR count). The van der Waals surface area contributed by atoms with Gasteiger partial charge in [0.2, 0.25) is 5.91 Å². The minimum absolute atomic E-state index is 0.134. The predicted octanol–water partition coefficient (Wildman–Crippen LogP) is 4.01. The largest absolute Gasteiger partial charge is 0.325 e. The SMILES string of the molecule is O=C(CCS)Nc1ccc(Br)c(Cl)c1Cl. The Labute approximate surface area is 112 Å². The van der Waals surface area contributed by atoms with Crippen LogP contribution >= 0.6 is 51.8 Å². The molecule has 0 fully saturated rings. The third-order valence-electron chi connectivity index (χ3n) is 1.65. The molecule has 0 aliphatic rings. The molecule has 82 valence electrons. The van der Waals surface area contributed by atoms with Gasteiger partial charge in [-0.2, -0.15) is 12.6 Å². The maximum absolute atomic E-state index is 11.3. The quantitative estimate of drug-likeness (QED) is 0.637. The highest BCUT2D eigenvalue weighted by Gasteiger charge is 2.10. The number of thiol groups is 1. The third-order valence-corrected chi connectivity index (χ3v) is 3.64. The number of carbonyl (C=O) groups excluding carboxylic acids is 1. The maximum Gasteiger partial charge on any atom is 0.225 e. The van der Waals surface area contributed by atoms with Crippen molar-refractivity contribution in [2.24, 2.45) is 0 Å². The molecule has 0 heterocycles. The van der Waals surface area contributed by atoms with Crippen molar-refractivity contribution in [3.05, 3.63) is 26.7 Å². The lowest BCUT2D eigenvalue weighted by atomic mass is 10.3. The van der Waals surface area contributed by atoms with Crippen molar-refractivity contribution in [2.75, 3.05) is 11.1 Å². The summed E-state index contributed by atoms with van der Waals surface area (Å²) in [5, 5.41) is 3.38. The number of anilines is 1. The van der Waals surface area contributed by atoms with E-state index in [0.29, 0.717) is 32.4 Å². The molecule has 1 N–H and O–H groups in total. The lowest BCUT2D eigenvalue weighted by Gasteiger charge is -2.08. The molecule has 6 heteroatoms. The Kier molecular flexibility index (Phi) is 5.26. The number of amides is 1. The van der Waals surface area contributed by atoms with E-state index in [0.717, 1.165) is 0 Å². The van der Waals surface area contributed by atoms with Crippen molar-refractivity contribution in [1.82, 2.24) is 0 Å². The molecule has 1 amide bonds. The first-order valence-corrected chi connectivity index (χ1v) is 6.28. The van der Waals surface area contributed by atoms with Gasteiger partial charge in [0, 0.05) is 10.9 Å². The van der Waals surface area contributed by atoms with E-state index < -0.39 is 0 Å². The summed E-state index contributed by atoms with van der Waals surface area (Å²) in [4.78, 5) is 11.3. The van der Waals surface area contributed by atoms with Crippen LogP contribution in [0.1, 0.15) is 6.42 Å². The second-order valence-corrected chi connectivity index (χ2v) is 4.80. The highest BCUT2D eigenvalue weighted by molar-refractivity contribution is 9.10. The normalized spacial score (nSPS) is 10.1. The molecule has 0 radical (unpaired) electrons. The van der Waals surface area contributed by atoms with E-state index in [1.807, 2.05) is 0 Å². The fourth-order valence-corrected chi connectivity index (χ4v) is 1.96. The molecule has 0 saturated carbocycles. The van der Waals surface area contributed by atoms with E-state index in [-0.39, 0.29) is 5.91 Å². The van der Waals surface area contributed by atoms with Crippen LogP contribution in [0.3, 0.4) is 0 Å². The zero-order chi connectivity index (χ0) is 11.4. The molecule has 0 atom stereocenters. The molecule has 0 spiro atoms. The average Bonchev–Trinajstić information content (AvgIpc) is 2.20. The number of hydrogen-bond donors (Lipinski definition) is 2. The van der Waals surface area contributed by atoms with Gasteiger partial charge in [0.05, 0.1) is 15.7 Å². The lowest BCUT2D eigenvalue weighted by Crippen LogP contribution is -2.12. The van der Waals surface area contributed by atoms with Crippen LogP contribution in [-0.4, -0.2) is 11.7 Å². The topological polar surface area (TPSA) is 29.1 Å². The van der Waals surface area contributed by atoms with E-state index in [2.05, 4.69) is 33.9 Å². The second kappa shape index (κ2) is 5.99. The van der Waals surface area contributed by atoms with Crippen LogP contribution in [0, 0.1) is 0 Å². The van der Waals surface area contributed by atoms with Gasteiger partial charge in [-0.3, -0.25) is 4.79 Å². The number of carbonyl (C=O) groups is 1. The summed E-state index contributed by atoms with van der Waals surface area (Å²) in [6.07, 6.45) is 0.340. The van der Waals surface area contributed by atoms with Gasteiger partial charge in [0.15, 0.2) is 0 Å². The Balaban J connectivity index is 2.87.